The van der Waals surface area contributed by atoms with E-state index in [4.69, 9.17) is 0 Å². The van der Waals surface area contributed by atoms with E-state index in [-0.39, 0.29) is 16.7 Å². The molecular formula is C25H32N4O4S2. The van der Waals surface area contributed by atoms with Crippen LogP contribution in [0.5, 0.6) is 0 Å². The molecule has 1 N–H and O–H groups in total. The Labute approximate surface area is 210 Å². The highest BCUT2D eigenvalue weighted by molar-refractivity contribution is 7.89. The number of thiophene rings is 1. The zero-order valence-corrected chi connectivity index (χ0v) is 21.7. The Morgan fingerprint density at radius 2 is 1.57 bits per heavy atom. The van der Waals surface area contributed by atoms with Gasteiger partial charge < -0.3 is 15.1 Å². The smallest absolute Gasteiger partial charge is 0.257 e. The van der Waals surface area contributed by atoms with Gasteiger partial charge in [-0.05, 0) is 75.4 Å². The van der Waals surface area contributed by atoms with Crippen LogP contribution in [0.25, 0.3) is 0 Å². The molecule has 0 atom stereocenters. The Bertz CT molecular complexity index is 1210. The van der Waals surface area contributed by atoms with Crippen molar-refractivity contribution < 1.29 is 18.0 Å². The molecule has 2 fully saturated rings. The second-order valence-electron chi connectivity index (χ2n) is 9.64. The van der Waals surface area contributed by atoms with Gasteiger partial charge in [-0.3, -0.25) is 9.59 Å². The van der Waals surface area contributed by atoms with Gasteiger partial charge in [-0.25, -0.2) is 8.42 Å². The number of hydrogen-bond donors (Lipinski definition) is 1. The van der Waals surface area contributed by atoms with Gasteiger partial charge in [0.2, 0.25) is 10.0 Å². The third-order valence-corrected chi connectivity index (χ3v) is 10.2. The van der Waals surface area contributed by atoms with Crippen LogP contribution < -0.4 is 5.32 Å². The number of likely N-dealkylation sites (tertiary alicyclic amines) is 1. The number of piperidine rings is 1. The van der Waals surface area contributed by atoms with Crippen LogP contribution in [0.15, 0.2) is 29.2 Å². The summed E-state index contributed by atoms with van der Waals surface area (Å²) in [6, 6.07) is 6.09. The van der Waals surface area contributed by atoms with Crippen LogP contribution in [0.1, 0.15) is 63.3 Å². The molecule has 2 aromatic rings. The molecule has 8 nitrogen and oxygen atoms in total. The van der Waals surface area contributed by atoms with Gasteiger partial charge in [0.05, 0.1) is 10.5 Å². The van der Waals surface area contributed by atoms with E-state index in [2.05, 4.69) is 17.3 Å². The maximum Gasteiger partial charge on any atom is 0.257 e. The van der Waals surface area contributed by atoms with Gasteiger partial charge in [0.25, 0.3) is 11.8 Å². The lowest BCUT2D eigenvalue weighted by Gasteiger charge is -2.28. The fraction of sp³-hybridized carbons (Fsp3) is 0.520. The Morgan fingerprint density at radius 1 is 0.914 bits per heavy atom. The Hall–Kier alpha value is -2.27. The normalized spacial score (nSPS) is 19.5. The van der Waals surface area contributed by atoms with Crippen molar-refractivity contribution in [2.24, 2.45) is 0 Å². The monoisotopic (exact) mass is 516 g/mol. The van der Waals surface area contributed by atoms with E-state index in [9.17, 15) is 18.0 Å². The highest BCUT2D eigenvalue weighted by Gasteiger charge is 2.31. The van der Waals surface area contributed by atoms with E-state index in [1.54, 1.807) is 12.1 Å². The number of fused-ring (bicyclic) bond motifs is 1. The number of sulfonamides is 1. The van der Waals surface area contributed by atoms with Gasteiger partial charge in [0.15, 0.2) is 0 Å². The lowest BCUT2D eigenvalue weighted by Crippen LogP contribution is -2.37. The molecule has 0 unspecified atom stereocenters. The first kappa shape index (κ1) is 24.4. The van der Waals surface area contributed by atoms with Crippen molar-refractivity contribution in [2.45, 2.75) is 50.0 Å². The fourth-order valence-corrected chi connectivity index (χ4v) is 7.96. The molecule has 4 heterocycles. The second kappa shape index (κ2) is 10.0. The van der Waals surface area contributed by atoms with Crippen molar-refractivity contribution >= 4 is 38.2 Å². The number of nitrogens with zero attached hydrogens (tertiary/aromatic N) is 3. The van der Waals surface area contributed by atoms with Gasteiger partial charge in [0, 0.05) is 49.7 Å². The maximum atomic E-state index is 13.5. The molecule has 5 rings (SSSR count). The summed E-state index contributed by atoms with van der Waals surface area (Å²) in [4.78, 5) is 32.2. The Morgan fingerprint density at radius 3 is 2.26 bits per heavy atom. The number of carbonyl (C=O) groups excluding carboxylic acids is 2. The number of anilines is 1. The fourth-order valence-electron chi connectivity index (χ4n) is 5.13. The molecule has 0 saturated carbocycles. The van der Waals surface area contributed by atoms with Crippen LogP contribution in [0.4, 0.5) is 5.00 Å². The van der Waals surface area contributed by atoms with Gasteiger partial charge in [-0.15, -0.1) is 11.3 Å². The molecule has 1 aromatic heterocycles. The summed E-state index contributed by atoms with van der Waals surface area (Å²) in [5.41, 5.74) is 2.07. The molecule has 0 bridgehead atoms. The summed E-state index contributed by atoms with van der Waals surface area (Å²) in [5.74, 6) is -0.330. The van der Waals surface area contributed by atoms with Crippen molar-refractivity contribution in [2.75, 3.05) is 45.1 Å². The first-order valence-electron chi connectivity index (χ1n) is 12.4. The van der Waals surface area contributed by atoms with Crippen molar-refractivity contribution in [3.8, 4) is 0 Å². The number of likely N-dealkylation sites (N-methyl/N-ethyl adjacent to an activating group) is 1. The van der Waals surface area contributed by atoms with E-state index < -0.39 is 10.0 Å². The Kier molecular flexibility index (Phi) is 6.98. The molecule has 3 aliphatic rings. The molecule has 3 aliphatic heterocycles. The van der Waals surface area contributed by atoms with Crippen LogP contribution in [-0.2, 0) is 23.0 Å². The number of nitrogens with one attached hydrogen (secondary N) is 1. The molecular weight excluding hydrogens is 484 g/mol. The summed E-state index contributed by atoms with van der Waals surface area (Å²) in [7, 11) is -1.47. The molecule has 188 valence electrons. The van der Waals surface area contributed by atoms with Crippen LogP contribution in [-0.4, -0.2) is 74.1 Å². The second-order valence-corrected chi connectivity index (χ2v) is 12.7. The number of amides is 2. The molecule has 10 heteroatoms. The summed E-state index contributed by atoms with van der Waals surface area (Å²) in [6.07, 6.45) is 5.70. The number of rotatable bonds is 5. The summed E-state index contributed by atoms with van der Waals surface area (Å²) >= 11 is 1.48. The molecule has 35 heavy (non-hydrogen) atoms. The van der Waals surface area contributed by atoms with Gasteiger partial charge in [0.1, 0.15) is 5.00 Å². The van der Waals surface area contributed by atoms with Crippen molar-refractivity contribution in [1.82, 2.24) is 14.1 Å². The van der Waals surface area contributed by atoms with Crippen LogP contribution in [0.2, 0.25) is 0 Å². The van der Waals surface area contributed by atoms with Crippen LogP contribution in [0, 0.1) is 0 Å². The Balaban J connectivity index is 1.39. The van der Waals surface area contributed by atoms with Gasteiger partial charge >= 0.3 is 0 Å². The first-order valence-corrected chi connectivity index (χ1v) is 14.6. The van der Waals surface area contributed by atoms with Crippen LogP contribution in [0.3, 0.4) is 0 Å². The van der Waals surface area contributed by atoms with Gasteiger partial charge in [-0.1, -0.05) is 0 Å². The highest BCUT2D eigenvalue weighted by atomic mass is 32.2. The highest BCUT2D eigenvalue weighted by Crippen LogP contribution is 2.38. The quantitative estimate of drug-likeness (QED) is 0.658. The van der Waals surface area contributed by atoms with Gasteiger partial charge in [-0.2, -0.15) is 4.31 Å². The minimum absolute atomic E-state index is 0.00843. The molecule has 2 saturated heterocycles. The SMILES string of the molecule is CN1CCc2c(sc(NC(=O)c3ccc(S(=O)(=O)N4CCCC4)cc3)c2C(=O)N2CCCCC2)C1. The largest absolute Gasteiger partial charge is 0.339 e. The van der Waals surface area contributed by atoms with E-state index in [0.717, 1.165) is 75.1 Å². The predicted octanol–water partition coefficient (Wildman–Crippen LogP) is 3.40. The van der Waals surface area contributed by atoms with E-state index in [1.807, 2.05) is 4.90 Å². The zero-order chi connectivity index (χ0) is 24.6. The molecule has 0 radical (unpaired) electrons. The summed E-state index contributed by atoms with van der Waals surface area (Å²) in [6.45, 7) is 4.23. The van der Waals surface area contributed by atoms with E-state index in [1.165, 1.54) is 27.8 Å². The number of hydrogen-bond acceptors (Lipinski definition) is 6. The van der Waals surface area contributed by atoms with Crippen LogP contribution >= 0.6 is 11.3 Å². The molecule has 1 aromatic carbocycles. The summed E-state index contributed by atoms with van der Waals surface area (Å²) in [5, 5.41) is 3.58. The third-order valence-electron chi connectivity index (χ3n) is 7.15. The minimum atomic E-state index is -3.53. The zero-order valence-electron chi connectivity index (χ0n) is 20.1. The maximum absolute atomic E-state index is 13.5. The first-order chi connectivity index (χ1) is 16.8. The lowest BCUT2D eigenvalue weighted by molar-refractivity contribution is 0.0724. The predicted molar refractivity (Wildman–Crippen MR) is 136 cm³/mol. The van der Waals surface area contributed by atoms with E-state index >= 15 is 0 Å². The van der Waals surface area contributed by atoms with Crippen molar-refractivity contribution in [3.63, 3.8) is 0 Å². The number of carbonyl (C=O) groups is 2. The summed E-state index contributed by atoms with van der Waals surface area (Å²) < 4.78 is 27.1. The number of benzene rings is 1. The lowest BCUT2D eigenvalue weighted by atomic mass is 10.0. The molecule has 0 spiro atoms. The van der Waals surface area contributed by atoms with E-state index in [0.29, 0.717) is 29.2 Å². The average Bonchev–Trinajstić information content (AvgIpc) is 3.53. The standard InChI is InChI=1S/C25H32N4O4S2/c1-27-16-11-20-21(17-27)34-24(22(20)25(31)28-12-3-2-4-13-28)26-23(30)18-7-9-19(10-8-18)35(32,33)29-14-5-6-15-29/h7-10H,2-6,11-17H2,1H3,(H,26,30). The molecule has 0 aliphatic carbocycles. The van der Waals surface area contributed by atoms with Crippen molar-refractivity contribution in [1.29, 1.82) is 0 Å². The third kappa shape index (κ3) is 4.89. The minimum Gasteiger partial charge on any atom is -0.339 e. The topological polar surface area (TPSA) is 90.0 Å². The molecule has 2 amide bonds. The average molecular weight is 517 g/mol. The van der Waals surface area contributed by atoms with Crippen molar-refractivity contribution in [3.05, 3.63) is 45.8 Å².